The van der Waals surface area contributed by atoms with Crippen molar-refractivity contribution < 1.29 is 0 Å². The van der Waals surface area contributed by atoms with Gasteiger partial charge in [0.05, 0.1) is 5.82 Å². The molecule has 4 heteroatoms. The first-order chi connectivity index (χ1) is 6.26. The number of nitrogens with one attached hydrogen (secondary N) is 1. The summed E-state index contributed by atoms with van der Waals surface area (Å²) in [6.45, 7) is 4.81. The van der Waals surface area contributed by atoms with Crippen molar-refractivity contribution in [2.24, 2.45) is 11.5 Å². The average molecular weight is 184 g/mol. The summed E-state index contributed by atoms with van der Waals surface area (Å²) in [7, 11) is 1.92. The van der Waals surface area contributed by atoms with Crippen molar-refractivity contribution >= 4 is 0 Å². The SMILES string of the molecule is CCN(CCNC)/C(N)=C/C=C\N. The fourth-order valence-corrected chi connectivity index (χ4v) is 0.976. The molecule has 5 N–H and O–H groups in total. The van der Waals surface area contributed by atoms with E-state index in [1.54, 1.807) is 12.2 Å². The van der Waals surface area contributed by atoms with Crippen LogP contribution in [0.2, 0.25) is 0 Å². The Balaban J connectivity index is 4.05. The average Bonchev–Trinajstić information content (AvgIpc) is 2.16. The van der Waals surface area contributed by atoms with Crippen LogP contribution in [-0.4, -0.2) is 31.6 Å². The van der Waals surface area contributed by atoms with Crippen molar-refractivity contribution in [1.29, 1.82) is 0 Å². The lowest BCUT2D eigenvalue weighted by Gasteiger charge is -2.22. The molecule has 0 aromatic carbocycles. The summed E-state index contributed by atoms with van der Waals surface area (Å²) in [5.74, 6) is 0.749. The molecule has 4 nitrogen and oxygen atoms in total. The molecule has 13 heavy (non-hydrogen) atoms. The third-order valence-corrected chi connectivity index (χ3v) is 1.76. The molecule has 0 radical (unpaired) electrons. The quantitative estimate of drug-likeness (QED) is 0.500. The molecule has 0 amide bonds. The van der Waals surface area contributed by atoms with Gasteiger partial charge in [-0.3, -0.25) is 0 Å². The van der Waals surface area contributed by atoms with E-state index in [0.29, 0.717) is 0 Å². The summed E-state index contributed by atoms with van der Waals surface area (Å²) in [5, 5.41) is 3.08. The summed E-state index contributed by atoms with van der Waals surface area (Å²) in [4.78, 5) is 2.08. The maximum atomic E-state index is 5.81. The molecule has 0 heterocycles. The summed E-state index contributed by atoms with van der Waals surface area (Å²) >= 11 is 0. The van der Waals surface area contributed by atoms with Gasteiger partial charge >= 0.3 is 0 Å². The van der Waals surface area contributed by atoms with E-state index in [0.717, 1.165) is 25.5 Å². The number of rotatable bonds is 6. The van der Waals surface area contributed by atoms with Gasteiger partial charge in [0, 0.05) is 19.6 Å². The van der Waals surface area contributed by atoms with Crippen LogP contribution in [-0.2, 0) is 0 Å². The number of nitrogens with two attached hydrogens (primary N) is 2. The zero-order valence-electron chi connectivity index (χ0n) is 8.46. The molecular formula is C9H20N4. The molecule has 0 bridgehead atoms. The van der Waals surface area contributed by atoms with Gasteiger partial charge in [-0.2, -0.15) is 0 Å². The maximum absolute atomic E-state index is 5.81. The highest BCUT2D eigenvalue weighted by atomic mass is 15.2. The Kier molecular flexibility index (Phi) is 6.82. The van der Waals surface area contributed by atoms with Crippen LogP contribution in [0.15, 0.2) is 24.2 Å². The van der Waals surface area contributed by atoms with E-state index in [2.05, 4.69) is 17.1 Å². The van der Waals surface area contributed by atoms with E-state index in [1.807, 2.05) is 7.05 Å². The Bertz CT molecular complexity index is 174. The molecule has 0 saturated carbocycles. The van der Waals surface area contributed by atoms with Gasteiger partial charge in [0.2, 0.25) is 0 Å². The van der Waals surface area contributed by atoms with Gasteiger partial charge in [0.1, 0.15) is 0 Å². The highest BCUT2D eigenvalue weighted by Crippen LogP contribution is 1.95. The largest absolute Gasteiger partial charge is 0.405 e. The second-order valence-electron chi connectivity index (χ2n) is 2.66. The Labute approximate surface area is 80.3 Å². The number of hydrogen-bond donors (Lipinski definition) is 3. The Morgan fingerprint density at radius 1 is 1.54 bits per heavy atom. The minimum atomic E-state index is 0.749. The van der Waals surface area contributed by atoms with Crippen LogP contribution in [0.4, 0.5) is 0 Å². The zero-order chi connectivity index (χ0) is 10.1. The van der Waals surface area contributed by atoms with Crippen molar-refractivity contribution in [3.8, 4) is 0 Å². The van der Waals surface area contributed by atoms with Crippen LogP contribution >= 0.6 is 0 Å². The fourth-order valence-electron chi connectivity index (χ4n) is 0.976. The zero-order valence-corrected chi connectivity index (χ0v) is 8.46. The Morgan fingerprint density at radius 2 is 2.23 bits per heavy atom. The van der Waals surface area contributed by atoms with E-state index in [9.17, 15) is 0 Å². The fraction of sp³-hybridized carbons (Fsp3) is 0.556. The third kappa shape index (κ3) is 5.14. The van der Waals surface area contributed by atoms with Gasteiger partial charge < -0.3 is 21.7 Å². The Hall–Kier alpha value is -1.16. The topological polar surface area (TPSA) is 67.3 Å². The van der Waals surface area contributed by atoms with Crippen LogP contribution in [0.5, 0.6) is 0 Å². The predicted octanol–water partition coefficient (Wildman–Crippen LogP) is -0.200. The summed E-state index contributed by atoms with van der Waals surface area (Å²) in [5.41, 5.74) is 11.0. The van der Waals surface area contributed by atoms with Gasteiger partial charge in [-0.25, -0.2) is 0 Å². The Morgan fingerprint density at radius 3 is 2.69 bits per heavy atom. The van der Waals surface area contributed by atoms with Crippen molar-refractivity contribution in [1.82, 2.24) is 10.2 Å². The summed E-state index contributed by atoms with van der Waals surface area (Å²) < 4.78 is 0. The highest BCUT2D eigenvalue weighted by Gasteiger charge is 2.00. The molecule has 0 aromatic rings. The molecule has 0 aromatic heterocycles. The van der Waals surface area contributed by atoms with E-state index in [1.165, 1.54) is 6.20 Å². The van der Waals surface area contributed by atoms with Gasteiger partial charge in [0.15, 0.2) is 0 Å². The molecule has 0 aliphatic rings. The number of hydrogen-bond acceptors (Lipinski definition) is 4. The lowest BCUT2D eigenvalue weighted by atomic mass is 10.4. The molecule has 0 spiro atoms. The highest BCUT2D eigenvalue weighted by molar-refractivity contribution is 5.07. The molecule has 0 rings (SSSR count). The van der Waals surface area contributed by atoms with E-state index in [4.69, 9.17) is 11.5 Å². The van der Waals surface area contributed by atoms with Crippen molar-refractivity contribution in [2.75, 3.05) is 26.7 Å². The second-order valence-corrected chi connectivity index (χ2v) is 2.66. The lowest BCUT2D eigenvalue weighted by Crippen LogP contribution is -2.33. The van der Waals surface area contributed by atoms with Gasteiger partial charge in [-0.1, -0.05) is 0 Å². The summed E-state index contributed by atoms with van der Waals surface area (Å²) in [6, 6.07) is 0. The standard InChI is InChI=1S/C9H20N4/c1-3-13(8-7-12-2)9(11)5-4-6-10/h4-6,12H,3,7-8,10-11H2,1-2H3/b6-4-,9-5+. The maximum Gasteiger partial charge on any atom is 0.0987 e. The smallest absolute Gasteiger partial charge is 0.0987 e. The summed E-state index contributed by atoms with van der Waals surface area (Å²) in [6.07, 6.45) is 5.01. The molecule has 0 fully saturated rings. The van der Waals surface area contributed by atoms with Gasteiger partial charge in [-0.05, 0) is 32.3 Å². The monoisotopic (exact) mass is 184 g/mol. The molecule has 76 valence electrons. The molecule has 0 atom stereocenters. The minimum absolute atomic E-state index is 0.749. The molecule has 0 saturated heterocycles. The molecule has 0 unspecified atom stereocenters. The van der Waals surface area contributed by atoms with Crippen molar-refractivity contribution in [3.63, 3.8) is 0 Å². The number of nitrogens with zero attached hydrogens (tertiary/aromatic N) is 1. The number of likely N-dealkylation sites (N-methyl/N-ethyl adjacent to an activating group) is 2. The molecule has 0 aliphatic carbocycles. The van der Waals surface area contributed by atoms with Crippen molar-refractivity contribution in [2.45, 2.75) is 6.92 Å². The first-order valence-corrected chi connectivity index (χ1v) is 4.49. The van der Waals surface area contributed by atoms with E-state index in [-0.39, 0.29) is 0 Å². The number of allylic oxidation sites excluding steroid dienone is 2. The van der Waals surface area contributed by atoms with Crippen LogP contribution in [0.25, 0.3) is 0 Å². The first kappa shape index (κ1) is 11.8. The van der Waals surface area contributed by atoms with E-state index >= 15 is 0 Å². The predicted molar refractivity (Wildman–Crippen MR) is 56.8 cm³/mol. The first-order valence-electron chi connectivity index (χ1n) is 4.49. The molecular weight excluding hydrogens is 164 g/mol. The third-order valence-electron chi connectivity index (χ3n) is 1.76. The van der Waals surface area contributed by atoms with Crippen LogP contribution < -0.4 is 16.8 Å². The molecule has 0 aliphatic heterocycles. The van der Waals surface area contributed by atoms with E-state index < -0.39 is 0 Å². The van der Waals surface area contributed by atoms with Gasteiger partial charge in [0.25, 0.3) is 0 Å². The van der Waals surface area contributed by atoms with Crippen LogP contribution in [0.1, 0.15) is 6.92 Å². The lowest BCUT2D eigenvalue weighted by molar-refractivity contribution is 0.359. The normalized spacial score (nSPS) is 12.3. The second kappa shape index (κ2) is 7.49. The van der Waals surface area contributed by atoms with Crippen LogP contribution in [0, 0.1) is 0 Å². The van der Waals surface area contributed by atoms with Gasteiger partial charge in [-0.15, -0.1) is 0 Å². The van der Waals surface area contributed by atoms with Crippen LogP contribution in [0.3, 0.4) is 0 Å². The van der Waals surface area contributed by atoms with Crippen molar-refractivity contribution in [3.05, 3.63) is 24.2 Å². The minimum Gasteiger partial charge on any atom is -0.405 e.